The molecular weight excluding hydrogens is 290 g/mol. The van der Waals surface area contributed by atoms with Crippen molar-refractivity contribution in [1.82, 2.24) is 4.90 Å². The molecule has 0 bridgehead atoms. The average Bonchev–Trinajstić information content (AvgIpc) is 2.34. The van der Waals surface area contributed by atoms with Crippen molar-refractivity contribution in [2.24, 2.45) is 0 Å². The Hall–Kier alpha value is -1.11. The van der Waals surface area contributed by atoms with Crippen molar-refractivity contribution in [3.05, 3.63) is 29.3 Å². The van der Waals surface area contributed by atoms with E-state index in [0.717, 1.165) is 0 Å². The highest BCUT2D eigenvalue weighted by Gasteiger charge is 2.18. The number of carbonyl (C=O) groups is 1. The molecule has 19 heavy (non-hydrogen) atoms. The zero-order valence-electron chi connectivity index (χ0n) is 11.0. The predicted molar refractivity (Wildman–Crippen MR) is 73.1 cm³/mol. The minimum Gasteiger partial charge on any atom is -0.383 e. The van der Waals surface area contributed by atoms with Crippen molar-refractivity contribution in [3.63, 3.8) is 0 Å². The number of likely N-dealkylation sites (N-methyl/N-ethyl adjacent to an activating group) is 1. The van der Waals surface area contributed by atoms with Gasteiger partial charge in [0.05, 0.1) is 11.5 Å². The standard InChI is InChI=1S/C12H16ClNO4S/c1-9-4-5-10(19(13,16)17)8-11(9)12(15)14(2)6-7-18-3/h4-5,8H,6-7H2,1-3H3. The van der Waals surface area contributed by atoms with Crippen LogP contribution in [0.3, 0.4) is 0 Å². The Bertz CT molecular complexity index is 571. The molecule has 0 saturated heterocycles. The summed E-state index contributed by atoms with van der Waals surface area (Å²) in [6.07, 6.45) is 0. The van der Waals surface area contributed by atoms with Crippen LogP contribution in [0.4, 0.5) is 0 Å². The number of benzene rings is 1. The zero-order valence-corrected chi connectivity index (χ0v) is 12.6. The Labute approximate surface area is 117 Å². The van der Waals surface area contributed by atoms with Gasteiger partial charge in [-0.3, -0.25) is 4.79 Å². The first-order valence-corrected chi connectivity index (χ1v) is 7.88. The van der Waals surface area contributed by atoms with E-state index in [4.69, 9.17) is 15.4 Å². The number of ether oxygens (including phenoxy) is 1. The van der Waals surface area contributed by atoms with Crippen LogP contribution in [0.1, 0.15) is 15.9 Å². The number of carbonyl (C=O) groups excluding carboxylic acids is 1. The second kappa shape index (κ2) is 6.36. The van der Waals surface area contributed by atoms with Crippen molar-refractivity contribution in [3.8, 4) is 0 Å². The number of methoxy groups -OCH3 is 1. The third-order valence-corrected chi connectivity index (χ3v) is 4.05. The van der Waals surface area contributed by atoms with Crippen molar-refractivity contribution in [1.29, 1.82) is 0 Å². The van der Waals surface area contributed by atoms with Crippen molar-refractivity contribution in [2.75, 3.05) is 27.3 Å². The van der Waals surface area contributed by atoms with Crippen LogP contribution in [0.15, 0.2) is 23.1 Å². The Balaban J connectivity index is 3.09. The smallest absolute Gasteiger partial charge is 0.261 e. The molecule has 5 nitrogen and oxygen atoms in total. The largest absolute Gasteiger partial charge is 0.383 e. The van der Waals surface area contributed by atoms with E-state index in [2.05, 4.69) is 0 Å². The predicted octanol–water partition coefficient (Wildman–Crippen LogP) is 1.64. The molecule has 1 aromatic rings. The van der Waals surface area contributed by atoms with Gasteiger partial charge >= 0.3 is 0 Å². The van der Waals surface area contributed by atoms with Gasteiger partial charge in [-0.15, -0.1) is 0 Å². The summed E-state index contributed by atoms with van der Waals surface area (Å²) >= 11 is 0. The van der Waals surface area contributed by atoms with Gasteiger partial charge < -0.3 is 9.64 Å². The lowest BCUT2D eigenvalue weighted by molar-refractivity contribution is 0.0743. The molecule has 0 atom stereocenters. The molecule has 0 spiro atoms. The topological polar surface area (TPSA) is 63.7 Å². The summed E-state index contributed by atoms with van der Waals surface area (Å²) in [5.74, 6) is -0.267. The number of nitrogens with zero attached hydrogens (tertiary/aromatic N) is 1. The summed E-state index contributed by atoms with van der Waals surface area (Å²) in [4.78, 5) is 13.6. The van der Waals surface area contributed by atoms with Gasteiger partial charge in [-0.1, -0.05) is 6.07 Å². The quantitative estimate of drug-likeness (QED) is 0.776. The maximum Gasteiger partial charge on any atom is 0.261 e. The summed E-state index contributed by atoms with van der Waals surface area (Å²) in [5.41, 5.74) is 1.01. The van der Waals surface area contributed by atoms with E-state index in [0.29, 0.717) is 24.3 Å². The molecule has 0 aliphatic carbocycles. The van der Waals surface area contributed by atoms with Crippen molar-refractivity contribution >= 4 is 25.6 Å². The fraction of sp³-hybridized carbons (Fsp3) is 0.417. The minimum absolute atomic E-state index is 0.0803. The van der Waals surface area contributed by atoms with E-state index in [9.17, 15) is 13.2 Å². The van der Waals surface area contributed by atoms with Gasteiger partial charge in [-0.05, 0) is 24.6 Å². The van der Waals surface area contributed by atoms with Crippen LogP contribution in [-0.2, 0) is 13.8 Å². The number of aryl methyl sites for hydroxylation is 1. The van der Waals surface area contributed by atoms with Crippen LogP contribution in [0.25, 0.3) is 0 Å². The third-order valence-electron chi connectivity index (χ3n) is 2.70. The van der Waals surface area contributed by atoms with Gasteiger partial charge in [0, 0.05) is 36.9 Å². The third kappa shape index (κ3) is 4.19. The zero-order chi connectivity index (χ0) is 14.6. The van der Waals surface area contributed by atoms with Gasteiger partial charge in [-0.2, -0.15) is 0 Å². The molecule has 0 fully saturated rings. The van der Waals surface area contributed by atoms with Crippen LogP contribution in [0.2, 0.25) is 0 Å². The summed E-state index contributed by atoms with van der Waals surface area (Å²) in [5, 5.41) is 0. The highest BCUT2D eigenvalue weighted by Crippen LogP contribution is 2.20. The van der Waals surface area contributed by atoms with E-state index < -0.39 is 9.05 Å². The van der Waals surface area contributed by atoms with Crippen molar-refractivity contribution < 1.29 is 17.9 Å². The van der Waals surface area contributed by atoms with E-state index in [1.807, 2.05) is 0 Å². The van der Waals surface area contributed by atoms with Crippen LogP contribution < -0.4 is 0 Å². The lowest BCUT2D eigenvalue weighted by Crippen LogP contribution is -2.30. The second-order valence-electron chi connectivity index (χ2n) is 4.13. The van der Waals surface area contributed by atoms with Gasteiger partial charge in [0.1, 0.15) is 0 Å². The fourth-order valence-electron chi connectivity index (χ4n) is 1.52. The minimum atomic E-state index is -3.84. The SMILES string of the molecule is COCCN(C)C(=O)c1cc(S(=O)(=O)Cl)ccc1C. The Kier molecular flexibility index (Phi) is 5.34. The maximum atomic E-state index is 12.2. The molecular formula is C12H16ClNO4S. The summed E-state index contributed by atoms with van der Waals surface area (Å²) in [6, 6.07) is 4.24. The first-order valence-electron chi connectivity index (χ1n) is 5.57. The molecule has 1 rings (SSSR count). The average molecular weight is 306 g/mol. The highest BCUT2D eigenvalue weighted by atomic mass is 35.7. The van der Waals surface area contributed by atoms with Crippen molar-refractivity contribution in [2.45, 2.75) is 11.8 Å². The highest BCUT2D eigenvalue weighted by molar-refractivity contribution is 8.13. The van der Waals surface area contributed by atoms with Crippen LogP contribution >= 0.6 is 10.7 Å². The van der Waals surface area contributed by atoms with E-state index in [-0.39, 0.29) is 10.8 Å². The number of hydrogen-bond donors (Lipinski definition) is 0. The maximum absolute atomic E-state index is 12.2. The number of hydrogen-bond acceptors (Lipinski definition) is 4. The van der Waals surface area contributed by atoms with Gasteiger partial charge in [0.25, 0.3) is 15.0 Å². The van der Waals surface area contributed by atoms with Crippen LogP contribution in [0.5, 0.6) is 0 Å². The van der Waals surface area contributed by atoms with Gasteiger partial charge in [0.2, 0.25) is 0 Å². The first-order chi connectivity index (χ1) is 8.77. The molecule has 0 aliphatic heterocycles. The molecule has 0 saturated carbocycles. The molecule has 0 heterocycles. The monoisotopic (exact) mass is 305 g/mol. The molecule has 0 radical (unpaired) electrons. The Morgan fingerprint density at radius 1 is 1.42 bits per heavy atom. The normalized spacial score (nSPS) is 11.4. The number of amides is 1. The van der Waals surface area contributed by atoms with E-state index in [1.165, 1.54) is 17.0 Å². The molecule has 0 unspecified atom stereocenters. The summed E-state index contributed by atoms with van der Waals surface area (Å²) < 4.78 is 27.5. The molecule has 7 heteroatoms. The second-order valence-corrected chi connectivity index (χ2v) is 6.70. The van der Waals surface area contributed by atoms with E-state index in [1.54, 1.807) is 27.1 Å². The fourth-order valence-corrected chi connectivity index (χ4v) is 2.30. The lowest BCUT2D eigenvalue weighted by Gasteiger charge is -2.18. The van der Waals surface area contributed by atoms with Gasteiger partial charge in [0.15, 0.2) is 0 Å². The van der Waals surface area contributed by atoms with Crippen LogP contribution in [-0.4, -0.2) is 46.5 Å². The molecule has 1 aromatic carbocycles. The summed E-state index contributed by atoms with van der Waals surface area (Å²) in [6.45, 7) is 2.57. The van der Waals surface area contributed by atoms with Gasteiger partial charge in [-0.25, -0.2) is 8.42 Å². The Morgan fingerprint density at radius 3 is 2.58 bits per heavy atom. The molecule has 1 amide bonds. The molecule has 0 aliphatic rings. The number of halogens is 1. The molecule has 106 valence electrons. The van der Waals surface area contributed by atoms with Crippen LogP contribution in [0, 0.1) is 6.92 Å². The Morgan fingerprint density at radius 2 is 2.05 bits per heavy atom. The summed E-state index contributed by atoms with van der Waals surface area (Å²) in [7, 11) is 4.61. The van der Waals surface area contributed by atoms with E-state index >= 15 is 0 Å². The first kappa shape index (κ1) is 15.9. The molecule has 0 aromatic heterocycles. The lowest BCUT2D eigenvalue weighted by atomic mass is 10.1. The molecule has 0 N–H and O–H groups in total. The number of rotatable bonds is 5.